The largest absolute Gasteiger partial charge is 0.457 e. The van der Waals surface area contributed by atoms with Crippen LogP contribution < -0.4 is 4.74 Å². The van der Waals surface area contributed by atoms with Gasteiger partial charge in [0.25, 0.3) is 0 Å². The Hall–Kier alpha value is -1.07. The predicted octanol–water partition coefficient (Wildman–Crippen LogP) is 4.55. The molecule has 0 spiro atoms. The number of rotatable bonds is 3. The van der Waals surface area contributed by atoms with Crippen LogP contribution in [-0.4, -0.2) is 6.29 Å². The molecule has 0 aliphatic carbocycles. The van der Waals surface area contributed by atoms with Crippen molar-refractivity contribution in [1.29, 1.82) is 0 Å². The molecule has 17 heavy (non-hydrogen) atoms. The molecule has 4 heteroatoms. The van der Waals surface area contributed by atoms with E-state index >= 15 is 0 Å². The molecule has 0 saturated carbocycles. The zero-order valence-corrected chi connectivity index (χ0v) is 11.6. The number of benzene rings is 2. The average Bonchev–Trinajstić information content (AvgIpc) is 2.31. The molecular formula is C13H8ClIO2. The smallest absolute Gasteiger partial charge is 0.153 e. The van der Waals surface area contributed by atoms with Crippen LogP contribution >= 0.6 is 34.2 Å². The second-order valence-electron chi connectivity index (χ2n) is 3.36. The molecule has 0 amide bonds. The summed E-state index contributed by atoms with van der Waals surface area (Å²) >= 11 is 8.01. The maximum Gasteiger partial charge on any atom is 0.153 e. The van der Waals surface area contributed by atoms with E-state index in [0.29, 0.717) is 22.1 Å². The van der Waals surface area contributed by atoms with Gasteiger partial charge in [-0.1, -0.05) is 17.7 Å². The van der Waals surface area contributed by atoms with Gasteiger partial charge in [-0.05, 0) is 59.0 Å². The van der Waals surface area contributed by atoms with Crippen LogP contribution in [-0.2, 0) is 0 Å². The first-order chi connectivity index (χ1) is 8.19. The van der Waals surface area contributed by atoms with Crippen LogP contribution in [0.1, 0.15) is 10.4 Å². The molecule has 0 aliphatic rings. The lowest BCUT2D eigenvalue weighted by Gasteiger charge is -2.08. The summed E-state index contributed by atoms with van der Waals surface area (Å²) in [4.78, 5) is 10.9. The van der Waals surface area contributed by atoms with E-state index in [-0.39, 0.29) is 0 Å². The van der Waals surface area contributed by atoms with E-state index in [0.717, 1.165) is 9.86 Å². The summed E-state index contributed by atoms with van der Waals surface area (Å²) in [6.07, 6.45) is 0.731. The van der Waals surface area contributed by atoms with Crippen molar-refractivity contribution in [3.05, 3.63) is 56.6 Å². The van der Waals surface area contributed by atoms with Crippen LogP contribution in [0.2, 0.25) is 5.02 Å². The normalized spacial score (nSPS) is 10.0. The quantitative estimate of drug-likeness (QED) is 0.594. The van der Waals surface area contributed by atoms with Gasteiger partial charge in [-0.3, -0.25) is 4.79 Å². The van der Waals surface area contributed by atoms with Crippen molar-refractivity contribution in [3.63, 3.8) is 0 Å². The maximum atomic E-state index is 10.9. The Bertz CT molecular complexity index is 555. The van der Waals surface area contributed by atoms with Gasteiger partial charge in [0.15, 0.2) is 6.29 Å². The summed E-state index contributed by atoms with van der Waals surface area (Å²) in [5.41, 5.74) is 0.441. The predicted molar refractivity (Wildman–Crippen MR) is 76.1 cm³/mol. The van der Waals surface area contributed by atoms with E-state index in [1.807, 2.05) is 24.3 Å². The van der Waals surface area contributed by atoms with Crippen LogP contribution in [0.3, 0.4) is 0 Å². The Morgan fingerprint density at radius 3 is 2.71 bits per heavy atom. The highest BCUT2D eigenvalue weighted by molar-refractivity contribution is 14.1. The highest BCUT2D eigenvalue weighted by Gasteiger charge is 2.05. The minimum atomic E-state index is 0.441. The van der Waals surface area contributed by atoms with Crippen molar-refractivity contribution in [3.8, 4) is 11.5 Å². The van der Waals surface area contributed by atoms with Gasteiger partial charge >= 0.3 is 0 Å². The molecule has 0 unspecified atom stereocenters. The molecule has 0 radical (unpaired) electrons. The fraction of sp³-hybridized carbons (Fsp3) is 0. The second kappa shape index (κ2) is 5.51. The number of halogens is 2. The first kappa shape index (κ1) is 12.4. The van der Waals surface area contributed by atoms with Crippen molar-refractivity contribution in [1.82, 2.24) is 0 Å². The summed E-state index contributed by atoms with van der Waals surface area (Å²) in [6, 6.07) is 12.6. The van der Waals surface area contributed by atoms with Crippen LogP contribution in [0.4, 0.5) is 0 Å². The Morgan fingerprint density at radius 1 is 1.18 bits per heavy atom. The highest BCUT2D eigenvalue weighted by Crippen LogP contribution is 2.27. The molecule has 86 valence electrons. The minimum Gasteiger partial charge on any atom is -0.457 e. The van der Waals surface area contributed by atoms with Crippen molar-refractivity contribution >= 4 is 40.5 Å². The summed E-state index contributed by atoms with van der Waals surface area (Å²) in [7, 11) is 0. The molecule has 0 heterocycles. The first-order valence-electron chi connectivity index (χ1n) is 4.87. The van der Waals surface area contributed by atoms with Crippen molar-refractivity contribution < 1.29 is 9.53 Å². The Morgan fingerprint density at radius 2 is 2.00 bits per heavy atom. The number of hydrogen-bond acceptors (Lipinski definition) is 2. The molecule has 0 saturated heterocycles. The summed E-state index contributed by atoms with van der Waals surface area (Å²) < 4.78 is 6.71. The second-order valence-corrected chi connectivity index (χ2v) is 5.04. The molecule has 0 aliphatic heterocycles. The molecular weight excluding hydrogens is 350 g/mol. The Labute approximate surface area is 118 Å². The molecule has 2 aromatic rings. The van der Waals surface area contributed by atoms with Crippen molar-refractivity contribution in [2.75, 3.05) is 0 Å². The van der Waals surface area contributed by atoms with Crippen molar-refractivity contribution in [2.45, 2.75) is 0 Å². The van der Waals surface area contributed by atoms with E-state index in [4.69, 9.17) is 16.3 Å². The standard InChI is InChI=1S/C13H8ClIO2/c14-10-4-5-13(9(6-10)8-16)17-12-3-1-2-11(15)7-12/h1-8H. The lowest BCUT2D eigenvalue weighted by molar-refractivity contribution is 0.112. The SMILES string of the molecule is O=Cc1cc(Cl)ccc1Oc1cccc(I)c1. The van der Waals surface area contributed by atoms with E-state index in [2.05, 4.69) is 22.6 Å². The lowest BCUT2D eigenvalue weighted by Crippen LogP contribution is -1.90. The van der Waals surface area contributed by atoms with E-state index < -0.39 is 0 Å². The molecule has 0 fully saturated rings. The first-order valence-corrected chi connectivity index (χ1v) is 6.33. The number of ether oxygens (including phenoxy) is 1. The molecule has 0 N–H and O–H groups in total. The topological polar surface area (TPSA) is 26.3 Å². The maximum absolute atomic E-state index is 10.9. The molecule has 0 bridgehead atoms. The van der Waals surface area contributed by atoms with Gasteiger partial charge in [0.1, 0.15) is 11.5 Å². The lowest BCUT2D eigenvalue weighted by atomic mass is 10.2. The van der Waals surface area contributed by atoms with Gasteiger partial charge in [-0.25, -0.2) is 0 Å². The fourth-order valence-corrected chi connectivity index (χ4v) is 2.06. The zero-order valence-electron chi connectivity index (χ0n) is 8.69. The molecule has 2 rings (SSSR count). The molecule has 2 aromatic carbocycles. The molecule has 2 nitrogen and oxygen atoms in total. The Kier molecular flexibility index (Phi) is 4.02. The van der Waals surface area contributed by atoms with Crippen LogP contribution in [0.25, 0.3) is 0 Å². The van der Waals surface area contributed by atoms with Crippen LogP contribution in [0.15, 0.2) is 42.5 Å². The monoisotopic (exact) mass is 358 g/mol. The van der Waals surface area contributed by atoms with E-state index in [1.165, 1.54) is 0 Å². The Balaban J connectivity index is 2.32. The van der Waals surface area contributed by atoms with Crippen LogP contribution in [0.5, 0.6) is 11.5 Å². The summed E-state index contributed by atoms with van der Waals surface area (Å²) in [5.74, 6) is 1.20. The minimum absolute atomic E-state index is 0.441. The van der Waals surface area contributed by atoms with Gasteiger partial charge < -0.3 is 4.74 Å². The van der Waals surface area contributed by atoms with Gasteiger partial charge in [0.05, 0.1) is 5.56 Å². The summed E-state index contributed by atoms with van der Waals surface area (Å²) in [6.45, 7) is 0. The van der Waals surface area contributed by atoms with Gasteiger partial charge in [-0.2, -0.15) is 0 Å². The number of carbonyl (C=O) groups excluding carboxylic acids is 1. The third-order valence-electron chi connectivity index (χ3n) is 2.12. The average molecular weight is 359 g/mol. The van der Waals surface area contributed by atoms with Gasteiger partial charge in [-0.15, -0.1) is 0 Å². The van der Waals surface area contributed by atoms with Crippen molar-refractivity contribution in [2.24, 2.45) is 0 Å². The number of aldehydes is 1. The van der Waals surface area contributed by atoms with E-state index in [9.17, 15) is 4.79 Å². The highest BCUT2D eigenvalue weighted by atomic mass is 127. The van der Waals surface area contributed by atoms with Crippen LogP contribution in [0, 0.1) is 3.57 Å². The fourth-order valence-electron chi connectivity index (χ4n) is 1.36. The van der Waals surface area contributed by atoms with E-state index in [1.54, 1.807) is 18.2 Å². The van der Waals surface area contributed by atoms with Gasteiger partial charge in [0, 0.05) is 8.59 Å². The zero-order chi connectivity index (χ0) is 12.3. The third kappa shape index (κ3) is 3.20. The molecule has 0 aromatic heterocycles. The molecule has 0 atom stereocenters. The third-order valence-corrected chi connectivity index (χ3v) is 3.03. The number of hydrogen-bond donors (Lipinski definition) is 0. The summed E-state index contributed by atoms with van der Waals surface area (Å²) in [5, 5.41) is 0.516. The number of carbonyl (C=O) groups is 1. The van der Waals surface area contributed by atoms with Gasteiger partial charge in [0.2, 0.25) is 0 Å².